The molecule has 4 rings (SSSR count). The van der Waals surface area contributed by atoms with Gasteiger partial charge in [-0.1, -0.05) is 31.7 Å². The second kappa shape index (κ2) is 13.1. The summed E-state index contributed by atoms with van der Waals surface area (Å²) in [4.78, 5) is 24.9. The molecule has 2 amide bonds. The number of rotatable bonds is 6. The third kappa shape index (κ3) is 8.19. The Kier molecular flexibility index (Phi) is 9.87. The van der Waals surface area contributed by atoms with Crippen molar-refractivity contribution in [2.24, 2.45) is 0 Å². The SMILES string of the molecule is C.O=C(Nc1ccc(P)cc1)c1ccc(NC(=S)Nc2ccc(C(=O)Nc3ccc(P)cc3)cc2)cc1.[HH].[HH]. The van der Waals surface area contributed by atoms with E-state index in [-0.39, 0.29) is 22.1 Å². The summed E-state index contributed by atoms with van der Waals surface area (Å²) >= 11 is 5.40. The maximum atomic E-state index is 12.5. The van der Waals surface area contributed by atoms with Crippen LogP contribution < -0.4 is 31.9 Å². The molecule has 4 aromatic rings. The molecular formula is C28H32N4O2P2S. The Labute approximate surface area is 230 Å². The molecule has 0 aliphatic rings. The summed E-state index contributed by atoms with van der Waals surface area (Å²) in [5.41, 5.74) is 4.02. The van der Waals surface area contributed by atoms with Gasteiger partial charge < -0.3 is 21.3 Å². The lowest BCUT2D eigenvalue weighted by molar-refractivity contribution is 0.101. The molecule has 0 fully saturated rings. The molecule has 0 spiro atoms. The third-order valence-electron chi connectivity index (χ3n) is 5.15. The molecule has 0 aliphatic heterocycles. The van der Waals surface area contributed by atoms with Crippen molar-refractivity contribution < 1.29 is 12.4 Å². The highest BCUT2D eigenvalue weighted by Gasteiger charge is 2.08. The first-order valence-electron chi connectivity index (χ1n) is 11.0. The van der Waals surface area contributed by atoms with E-state index in [2.05, 4.69) is 39.7 Å². The van der Waals surface area contributed by atoms with Gasteiger partial charge in [0.05, 0.1) is 0 Å². The Balaban J connectivity index is 0.00000253. The number of carbonyl (C=O) groups excluding carboxylic acids is 2. The van der Waals surface area contributed by atoms with E-state index in [9.17, 15) is 9.59 Å². The highest BCUT2D eigenvalue weighted by molar-refractivity contribution is 7.80. The van der Waals surface area contributed by atoms with Gasteiger partial charge >= 0.3 is 0 Å². The molecule has 0 heterocycles. The molecule has 37 heavy (non-hydrogen) atoms. The molecule has 0 saturated carbocycles. The van der Waals surface area contributed by atoms with Gasteiger partial charge in [-0.25, -0.2) is 0 Å². The Morgan fingerprint density at radius 2 is 0.784 bits per heavy atom. The van der Waals surface area contributed by atoms with Crippen molar-refractivity contribution in [3.05, 3.63) is 108 Å². The van der Waals surface area contributed by atoms with Crippen molar-refractivity contribution in [3.8, 4) is 0 Å². The lowest BCUT2D eigenvalue weighted by atomic mass is 10.2. The number of thiocarbonyl (C=S) groups is 1. The van der Waals surface area contributed by atoms with Crippen LogP contribution in [0.2, 0.25) is 0 Å². The van der Waals surface area contributed by atoms with E-state index in [1.807, 2.05) is 48.5 Å². The van der Waals surface area contributed by atoms with Crippen LogP contribution in [0.5, 0.6) is 0 Å². The van der Waals surface area contributed by atoms with E-state index < -0.39 is 0 Å². The van der Waals surface area contributed by atoms with Crippen LogP contribution >= 0.6 is 30.7 Å². The fraction of sp³-hybridized carbons (Fsp3) is 0.0357. The fourth-order valence-electron chi connectivity index (χ4n) is 3.24. The molecule has 9 heteroatoms. The summed E-state index contributed by atoms with van der Waals surface area (Å²) in [6, 6.07) is 29.1. The Morgan fingerprint density at radius 1 is 0.514 bits per heavy atom. The zero-order chi connectivity index (χ0) is 25.5. The Bertz CT molecular complexity index is 1280. The van der Waals surface area contributed by atoms with Gasteiger partial charge in [-0.05, 0) is 95.6 Å². The first-order chi connectivity index (χ1) is 17.4. The third-order valence-corrected chi connectivity index (χ3v) is 6.12. The van der Waals surface area contributed by atoms with Crippen LogP contribution in [0.1, 0.15) is 31.0 Å². The zero-order valence-corrected chi connectivity index (χ0v) is 22.2. The smallest absolute Gasteiger partial charge is 0.255 e. The Hall–Kier alpha value is -3.63. The van der Waals surface area contributed by atoms with Gasteiger partial charge in [0.2, 0.25) is 0 Å². The van der Waals surface area contributed by atoms with Gasteiger partial charge in [-0.15, -0.1) is 18.5 Å². The molecule has 2 unspecified atom stereocenters. The van der Waals surface area contributed by atoms with Gasteiger partial charge in [-0.3, -0.25) is 9.59 Å². The molecule has 192 valence electrons. The molecule has 0 aliphatic carbocycles. The van der Waals surface area contributed by atoms with E-state index >= 15 is 0 Å². The molecule has 4 N–H and O–H groups in total. The van der Waals surface area contributed by atoms with Gasteiger partial charge in [0, 0.05) is 36.7 Å². The molecule has 4 aromatic carbocycles. The maximum Gasteiger partial charge on any atom is 0.255 e. The number of carbonyl (C=O) groups is 2. The molecular weight excluding hydrogens is 518 g/mol. The molecule has 6 nitrogen and oxygen atoms in total. The lowest BCUT2D eigenvalue weighted by Gasteiger charge is -2.12. The Morgan fingerprint density at radius 3 is 1.11 bits per heavy atom. The first kappa shape index (κ1) is 27.9. The largest absolute Gasteiger partial charge is 0.332 e. The summed E-state index contributed by atoms with van der Waals surface area (Å²) < 4.78 is 0. The van der Waals surface area contributed by atoms with Crippen LogP contribution in [0, 0.1) is 0 Å². The van der Waals surface area contributed by atoms with Crippen molar-refractivity contribution in [1.29, 1.82) is 0 Å². The standard InChI is InChI=1S/C27H24N4O2P2S.CH4.2H2/c32-25(28-19-9-13-23(34)14-10-19)17-1-5-21(6-2-17)30-27(36)31-22-7-3-18(4-8-22)26(33)29-20-11-15-24(35)16-12-20;;;/h1-16H,34-35H2,(H,28,32)(H,29,33)(H2,30,31,36);1H4;2*1H. The number of anilines is 4. The fourth-order valence-corrected chi connectivity index (χ4v) is 3.86. The quantitative estimate of drug-likeness (QED) is 0.172. The monoisotopic (exact) mass is 550 g/mol. The van der Waals surface area contributed by atoms with Crippen molar-refractivity contribution >= 4 is 81.0 Å². The van der Waals surface area contributed by atoms with Gasteiger partial charge in [-0.2, -0.15) is 0 Å². The van der Waals surface area contributed by atoms with Crippen molar-refractivity contribution in [1.82, 2.24) is 0 Å². The van der Waals surface area contributed by atoms with Crippen molar-refractivity contribution in [2.45, 2.75) is 7.43 Å². The van der Waals surface area contributed by atoms with E-state index in [1.54, 1.807) is 48.5 Å². The topological polar surface area (TPSA) is 82.3 Å². The van der Waals surface area contributed by atoms with E-state index in [4.69, 9.17) is 12.2 Å². The highest BCUT2D eigenvalue weighted by atomic mass is 32.1. The number of benzene rings is 4. The van der Waals surface area contributed by atoms with Crippen LogP contribution in [0.25, 0.3) is 0 Å². The summed E-state index contributed by atoms with van der Waals surface area (Å²) in [5, 5.41) is 14.4. The van der Waals surface area contributed by atoms with E-state index in [1.165, 1.54) is 0 Å². The minimum absolute atomic E-state index is 0. The molecule has 0 saturated heterocycles. The maximum absolute atomic E-state index is 12.5. The second-order valence-electron chi connectivity index (χ2n) is 7.89. The van der Waals surface area contributed by atoms with Gasteiger partial charge in [0.15, 0.2) is 5.11 Å². The van der Waals surface area contributed by atoms with Gasteiger partial charge in [0.25, 0.3) is 11.8 Å². The van der Waals surface area contributed by atoms with Crippen LogP contribution in [0.15, 0.2) is 97.1 Å². The number of amides is 2. The van der Waals surface area contributed by atoms with Crippen molar-refractivity contribution in [3.63, 3.8) is 0 Å². The van der Waals surface area contributed by atoms with Gasteiger partial charge in [0.1, 0.15) is 0 Å². The molecule has 0 radical (unpaired) electrons. The summed E-state index contributed by atoms with van der Waals surface area (Å²) in [5.74, 6) is -0.381. The van der Waals surface area contributed by atoms with E-state index in [0.29, 0.717) is 16.2 Å². The van der Waals surface area contributed by atoms with Crippen LogP contribution in [0.4, 0.5) is 22.7 Å². The predicted molar refractivity (Wildman–Crippen MR) is 171 cm³/mol. The summed E-state index contributed by atoms with van der Waals surface area (Å²) in [6.07, 6.45) is 0. The van der Waals surface area contributed by atoms with Crippen LogP contribution in [0.3, 0.4) is 0 Å². The van der Waals surface area contributed by atoms with E-state index in [0.717, 1.165) is 33.4 Å². The van der Waals surface area contributed by atoms with Crippen molar-refractivity contribution in [2.75, 3.05) is 21.3 Å². The number of hydrogen-bond acceptors (Lipinski definition) is 3. The molecule has 2 atom stereocenters. The highest BCUT2D eigenvalue weighted by Crippen LogP contribution is 2.15. The number of nitrogens with one attached hydrogen (secondary N) is 4. The number of hydrogen-bond donors (Lipinski definition) is 4. The average Bonchev–Trinajstić information content (AvgIpc) is 2.87. The predicted octanol–water partition coefficient (Wildman–Crippen LogP) is 6.13. The normalized spacial score (nSPS) is 10.0. The summed E-state index contributed by atoms with van der Waals surface area (Å²) in [7, 11) is 5.22. The lowest BCUT2D eigenvalue weighted by Crippen LogP contribution is -2.19. The first-order valence-corrected chi connectivity index (χ1v) is 12.5. The minimum Gasteiger partial charge on any atom is -0.332 e. The zero-order valence-electron chi connectivity index (χ0n) is 19.1. The molecule has 0 aromatic heterocycles. The minimum atomic E-state index is -0.190. The van der Waals surface area contributed by atoms with Crippen LogP contribution in [-0.2, 0) is 0 Å². The van der Waals surface area contributed by atoms with Crippen LogP contribution in [-0.4, -0.2) is 16.9 Å². The molecule has 0 bridgehead atoms. The summed E-state index contributed by atoms with van der Waals surface area (Å²) in [6.45, 7) is 0. The average molecular weight is 551 g/mol. The second-order valence-corrected chi connectivity index (χ2v) is 9.63.